The number of carbonyl (C=O) groups excluding carboxylic acids is 1. The molecule has 0 aromatic carbocycles. The summed E-state index contributed by atoms with van der Waals surface area (Å²) in [5, 5.41) is 5.95. The Morgan fingerprint density at radius 3 is 3.00 bits per heavy atom. The summed E-state index contributed by atoms with van der Waals surface area (Å²) in [7, 11) is 0. The van der Waals surface area contributed by atoms with Gasteiger partial charge in [0.05, 0.1) is 0 Å². The van der Waals surface area contributed by atoms with Gasteiger partial charge >= 0.3 is 0 Å². The predicted molar refractivity (Wildman–Crippen MR) is 56.7 cm³/mol. The first-order valence-electron chi connectivity index (χ1n) is 4.46. The molecule has 74 valence electrons. The highest BCUT2D eigenvalue weighted by molar-refractivity contribution is 8.00. The minimum Gasteiger partial charge on any atom is -0.351 e. The van der Waals surface area contributed by atoms with Crippen molar-refractivity contribution in [2.75, 3.05) is 18.8 Å². The Morgan fingerprint density at radius 1 is 1.69 bits per heavy atom. The van der Waals surface area contributed by atoms with Crippen LogP contribution in [0.3, 0.4) is 0 Å². The van der Waals surface area contributed by atoms with Crippen molar-refractivity contribution in [1.29, 1.82) is 0 Å². The first-order chi connectivity index (χ1) is 6.20. The molecule has 0 saturated carbocycles. The molecule has 1 rings (SSSR count). The second-order valence-corrected chi connectivity index (χ2v) is 4.44. The standard InChI is InChI=1S/C9H16N2OS/c1-7(2)3-4-10-8(12)9-11-5-6-13-9/h3,9,11H,4-6H2,1-2H3,(H,10,12). The molecule has 4 heteroatoms. The average Bonchev–Trinajstić information content (AvgIpc) is 2.55. The molecular weight excluding hydrogens is 184 g/mol. The number of amides is 1. The molecule has 0 aromatic heterocycles. The van der Waals surface area contributed by atoms with Crippen LogP contribution in [0.4, 0.5) is 0 Å². The molecule has 1 heterocycles. The van der Waals surface area contributed by atoms with Crippen molar-refractivity contribution in [2.45, 2.75) is 19.2 Å². The van der Waals surface area contributed by atoms with Crippen LogP contribution >= 0.6 is 11.8 Å². The Kier molecular flexibility index (Phi) is 4.32. The van der Waals surface area contributed by atoms with Crippen LogP contribution < -0.4 is 10.6 Å². The number of thioether (sulfide) groups is 1. The van der Waals surface area contributed by atoms with Crippen molar-refractivity contribution >= 4 is 17.7 Å². The number of hydrogen-bond acceptors (Lipinski definition) is 3. The molecule has 1 fully saturated rings. The fourth-order valence-corrected chi connectivity index (χ4v) is 1.98. The van der Waals surface area contributed by atoms with E-state index in [1.54, 1.807) is 11.8 Å². The molecule has 0 aromatic rings. The average molecular weight is 200 g/mol. The molecule has 1 aliphatic heterocycles. The van der Waals surface area contributed by atoms with Gasteiger partial charge < -0.3 is 5.32 Å². The van der Waals surface area contributed by atoms with Crippen LogP contribution in [0.15, 0.2) is 11.6 Å². The highest BCUT2D eigenvalue weighted by atomic mass is 32.2. The van der Waals surface area contributed by atoms with Crippen molar-refractivity contribution in [2.24, 2.45) is 0 Å². The summed E-state index contributed by atoms with van der Waals surface area (Å²) in [6.07, 6.45) is 2.01. The lowest BCUT2D eigenvalue weighted by Crippen LogP contribution is -2.38. The van der Waals surface area contributed by atoms with Crippen molar-refractivity contribution in [3.63, 3.8) is 0 Å². The van der Waals surface area contributed by atoms with E-state index in [0.29, 0.717) is 6.54 Å². The second-order valence-electron chi connectivity index (χ2n) is 3.23. The van der Waals surface area contributed by atoms with Gasteiger partial charge in [-0.1, -0.05) is 11.6 Å². The zero-order chi connectivity index (χ0) is 9.68. The molecule has 0 bridgehead atoms. The van der Waals surface area contributed by atoms with Crippen LogP contribution in [-0.2, 0) is 4.79 Å². The van der Waals surface area contributed by atoms with E-state index in [9.17, 15) is 4.79 Å². The Hall–Kier alpha value is -0.480. The van der Waals surface area contributed by atoms with Gasteiger partial charge in [0, 0.05) is 18.8 Å². The number of nitrogens with one attached hydrogen (secondary N) is 2. The zero-order valence-corrected chi connectivity index (χ0v) is 8.91. The van der Waals surface area contributed by atoms with Crippen LogP contribution in [-0.4, -0.2) is 30.1 Å². The quantitative estimate of drug-likeness (QED) is 0.660. The van der Waals surface area contributed by atoms with Crippen LogP contribution in [0.1, 0.15) is 13.8 Å². The normalized spacial score (nSPS) is 21.2. The molecule has 1 saturated heterocycles. The van der Waals surface area contributed by atoms with Crippen LogP contribution in [0, 0.1) is 0 Å². The molecule has 13 heavy (non-hydrogen) atoms. The summed E-state index contributed by atoms with van der Waals surface area (Å²) in [5.74, 6) is 1.13. The third-order valence-electron chi connectivity index (χ3n) is 1.74. The minimum absolute atomic E-state index is 0.0365. The summed E-state index contributed by atoms with van der Waals surface area (Å²) in [6.45, 7) is 5.62. The second kappa shape index (κ2) is 5.29. The minimum atomic E-state index is -0.0365. The summed E-state index contributed by atoms with van der Waals surface area (Å²) in [4.78, 5) is 11.4. The third kappa shape index (κ3) is 3.83. The van der Waals surface area contributed by atoms with Crippen molar-refractivity contribution in [3.05, 3.63) is 11.6 Å². The first kappa shape index (κ1) is 10.6. The number of hydrogen-bond donors (Lipinski definition) is 2. The molecule has 2 N–H and O–H groups in total. The van der Waals surface area contributed by atoms with Crippen molar-refractivity contribution in [1.82, 2.24) is 10.6 Å². The highest BCUT2D eigenvalue weighted by Gasteiger charge is 2.21. The topological polar surface area (TPSA) is 41.1 Å². The zero-order valence-electron chi connectivity index (χ0n) is 8.09. The van der Waals surface area contributed by atoms with Crippen molar-refractivity contribution in [3.8, 4) is 0 Å². The van der Waals surface area contributed by atoms with E-state index in [0.717, 1.165) is 12.3 Å². The van der Waals surface area contributed by atoms with E-state index >= 15 is 0 Å². The maximum atomic E-state index is 11.4. The lowest BCUT2D eigenvalue weighted by atomic mass is 10.3. The van der Waals surface area contributed by atoms with Crippen LogP contribution in [0.5, 0.6) is 0 Å². The number of carbonyl (C=O) groups is 1. The smallest absolute Gasteiger partial charge is 0.247 e. The van der Waals surface area contributed by atoms with Crippen LogP contribution in [0.25, 0.3) is 0 Å². The van der Waals surface area contributed by atoms with Gasteiger partial charge in [-0.25, -0.2) is 0 Å². The Morgan fingerprint density at radius 2 is 2.46 bits per heavy atom. The summed E-state index contributed by atoms with van der Waals surface area (Å²) in [6, 6.07) is 0. The van der Waals surface area contributed by atoms with Gasteiger partial charge in [-0.15, -0.1) is 11.8 Å². The molecule has 1 unspecified atom stereocenters. The number of allylic oxidation sites excluding steroid dienone is 1. The van der Waals surface area contributed by atoms with E-state index in [-0.39, 0.29) is 11.3 Å². The molecule has 0 radical (unpaired) electrons. The SMILES string of the molecule is CC(C)=CCNC(=O)C1NCCS1. The summed E-state index contributed by atoms with van der Waals surface area (Å²) in [5.41, 5.74) is 1.23. The maximum absolute atomic E-state index is 11.4. The van der Waals surface area contributed by atoms with Gasteiger partial charge in [-0.3, -0.25) is 10.1 Å². The number of rotatable bonds is 3. The van der Waals surface area contributed by atoms with E-state index < -0.39 is 0 Å². The summed E-state index contributed by atoms with van der Waals surface area (Å²) >= 11 is 1.67. The predicted octanol–water partition coefficient (Wildman–Crippen LogP) is 0.731. The molecular formula is C9H16N2OS. The van der Waals surface area contributed by atoms with Gasteiger partial charge in [0.15, 0.2) is 0 Å². The Balaban J connectivity index is 2.21. The van der Waals surface area contributed by atoms with Gasteiger partial charge in [-0.05, 0) is 13.8 Å². The first-order valence-corrected chi connectivity index (χ1v) is 5.51. The summed E-state index contributed by atoms with van der Waals surface area (Å²) < 4.78 is 0. The van der Waals surface area contributed by atoms with E-state index in [4.69, 9.17) is 0 Å². The van der Waals surface area contributed by atoms with Gasteiger partial charge in [0.2, 0.25) is 5.91 Å². The Labute approximate surface area is 83.3 Å². The highest BCUT2D eigenvalue weighted by Crippen LogP contribution is 2.12. The van der Waals surface area contributed by atoms with Crippen molar-refractivity contribution < 1.29 is 4.79 Å². The van der Waals surface area contributed by atoms with Gasteiger partial charge in [0.25, 0.3) is 0 Å². The van der Waals surface area contributed by atoms with E-state index in [1.165, 1.54) is 5.57 Å². The fourth-order valence-electron chi connectivity index (χ4n) is 1.04. The molecule has 0 spiro atoms. The van der Waals surface area contributed by atoms with E-state index in [2.05, 4.69) is 10.6 Å². The third-order valence-corrected chi connectivity index (χ3v) is 2.89. The fraction of sp³-hybridized carbons (Fsp3) is 0.667. The molecule has 1 atom stereocenters. The van der Waals surface area contributed by atoms with Gasteiger partial charge in [-0.2, -0.15) is 0 Å². The monoisotopic (exact) mass is 200 g/mol. The lowest BCUT2D eigenvalue weighted by molar-refractivity contribution is -0.120. The molecule has 0 aliphatic carbocycles. The maximum Gasteiger partial charge on any atom is 0.247 e. The van der Waals surface area contributed by atoms with Crippen LogP contribution in [0.2, 0.25) is 0 Å². The molecule has 1 amide bonds. The molecule has 3 nitrogen and oxygen atoms in total. The molecule has 1 aliphatic rings. The van der Waals surface area contributed by atoms with E-state index in [1.807, 2.05) is 19.9 Å². The lowest BCUT2D eigenvalue weighted by Gasteiger charge is -2.08. The Bertz CT molecular complexity index is 206. The van der Waals surface area contributed by atoms with Gasteiger partial charge in [0.1, 0.15) is 5.37 Å². The largest absolute Gasteiger partial charge is 0.351 e.